The first-order valence-electron chi connectivity index (χ1n) is 14.6. The lowest BCUT2D eigenvalue weighted by Crippen LogP contribution is -2.74. The molecule has 210 valence electrons. The monoisotopic (exact) mass is 601 g/mol. The topological polar surface area (TPSA) is 38.7 Å². The van der Waals surface area contributed by atoms with E-state index in [-0.39, 0.29) is 5.28 Å². The fourth-order valence-corrected chi connectivity index (χ4v) is 11.0. The van der Waals surface area contributed by atoms with E-state index in [1.54, 1.807) is 0 Å². The van der Waals surface area contributed by atoms with E-state index in [1.807, 2.05) is 30.3 Å². The van der Waals surface area contributed by atoms with Gasteiger partial charge in [-0.2, -0.15) is 9.97 Å². The van der Waals surface area contributed by atoms with Crippen molar-refractivity contribution >= 4 is 40.4 Å². The van der Waals surface area contributed by atoms with Crippen molar-refractivity contribution in [2.45, 2.75) is 0 Å². The Morgan fingerprint density at radius 3 is 1.25 bits per heavy atom. The van der Waals surface area contributed by atoms with Gasteiger partial charge in [0.1, 0.15) is 0 Å². The molecule has 0 fully saturated rings. The summed E-state index contributed by atoms with van der Waals surface area (Å²) in [6.07, 6.45) is 0. The molecule has 0 aliphatic rings. The molecule has 44 heavy (non-hydrogen) atoms. The minimum Gasteiger partial charge on any atom is -0.208 e. The molecule has 1 aromatic heterocycles. The zero-order valence-electron chi connectivity index (χ0n) is 23.9. The second-order valence-corrected chi connectivity index (χ2v) is 14.8. The van der Waals surface area contributed by atoms with Gasteiger partial charge in [-0.25, -0.2) is 4.98 Å². The number of benzene rings is 6. The first-order valence-corrected chi connectivity index (χ1v) is 16.9. The van der Waals surface area contributed by atoms with Gasteiger partial charge >= 0.3 is 0 Å². The molecule has 1 heterocycles. The van der Waals surface area contributed by atoms with Crippen LogP contribution in [0.4, 0.5) is 0 Å². The van der Waals surface area contributed by atoms with Crippen LogP contribution in [0, 0.1) is 0 Å². The fraction of sp³-hybridized carbons (Fsp3) is 0. The van der Waals surface area contributed by atoms with Gasteiger partial charge in [0.25, 0.3) is 0 Å². The van der Waals surface area contributed by atoms with Gasteiger partial charge < -0.3 is 0 Å². The normalized spacial score (nSPS) is 11.3. The zero-order valence-corrected chi connectivity index (χ0v) is 25.6. The molecule has 0 spiro atoms. The summed E-state index contributed by atoms with van der Waals surface area (Å²) in [5.74, 6) is 1.09. The Morgan fingerprint density at radius 2 is 0.727 bits per heavy atom. The molecule has 5 heteroatoms. The average Bonchev–Trinajstić information content (AvgIpc) is 3.10. The highest BCUT2D eigenvalue weighted by Gasteiger charge is 2.41. The summed E-state index contributed by atoms with van der Waals surface area (Å²) in [7, 11) is -2.70. The molecule has 0 saturated heterocycles. The third kappa shape index (κ3) is 5.26. The summed E-state index contributed by atoms with van der Waals surface area (Å²) < 4.78 is 0. The van der Waals surface area contributed by atoms with Gasteiger partial charge in [0, 0.05) is 11.1 Å². The number of hydrogen-bond donors (Lipinski definition) is 0. The average molecular weight is 602 g/mol. The van der Waals surface area contributed by atoms with E-state index < -0.39 is 8.07 Å². The highest BCUT2D eigenvalue weighted by molar-refractivity contribution is 7.19. The lowest BCUT2D eigenvalue weighted by molar-refractivity contribution is 1.07. The van der Waals surface area contributed by atoms with E-state index in [1.165, 1.54) is 20.7 Å². The Hall–Kier alpha value is -5.16. The number of hydrogen-bond acceptors (Lipinski definition) is 3. The smallest absolute Gasteiger partial charge is 0.208 e. The summed E-state index contributed by atoms with van der Waals surface area (Å²) in [4.78, 5) is 14.0. The molecule has 0 saturated carbocycles. The second-order valence-electron chi connectivity index (χ2n) is 10.6. The minimum atomic E-state index is -2.70. The van der Waals surface area contributed by atoms with E-state index in [2.05, 4.69) is 149 Å². The van der Waals surface area contributed by atoms with E-state index in [9.17, 15) is 0 Å². The van der Waals surface area contributed by atoms with Crippen molar-refractivity contribution in [1.82, 2.24) is 15.0 Å². The summed E-state index contributed by atoms with van der Waals surface area (Å²) in [6, 6.07) is 59.8. The molecule has 6 aromatic carbocycles. The van der Waals surface area contributed by atoms with Gasteiger partial charge in [-0.05, 0) is 43.5 Å². The van der Waals surface area contributed by atoms with Crippen molar-refractivity contribution in [3.8, 4) is 33.9 Å². The predicted molar refractivity (Wildman–Crippen MR) is 185 cm³/mol. The molecular weight excluding hydrogens is 574 g/mol. The van der Waals surface area contributed by atoms with Crippen molar-refractivity contribution in [1.29, 1.82) is 0 Å². The van der Waals surface area contributed by atoms with E-state index in [4.69, 9.17) is 16.6 Å². The number of aromatic nitrogens is 3. The quantitative estimate of drug-likeness (QED) is 0.147. The Labute approximate surface area is 263 Å². The molecule has 0 unspecified atom stereocenters. The van der Waals surface area contributed by atoms with Crippen LogP contribution < -0.4 is 20.7 Å². The van der Waals surface area contributed by atoms with Crippen molar-refractivity contribution in [3.05, 3.63) is 175 Å². The highest BCUT2D eigenvalue weighted by atomic mass is 35.5. The van der Waals surface area contributed by atoms with Crippen LogP contribution in [0.3, 0.4) is 0 Å². The molecular formula is C39H28ClN3Si. The summed E-state index contributed by atoms with van der Waals surface area (Å²) in [6.45, 7) is 0. The number of nitrogens with zero attached hydrogens (tertiary/aromatic N) is 3. The molecule has 0 bridgehead atoms. The van der Waals surface area contributed by atoms with Crippen LogP contribution in [0.25, 0.3) is 33.9 Å². The molecule has 0 N–H and O–H groups in total. The lowest BCUT2D eigenvalue weighted by Gasteiger charge is -2.34. The molecule has 0 atom stereocenters. The molecule has 0 aliphatic heterocycles. The van der Waals surface area contributed by atoms with E-state index in [0.717, 1.165) is 22.3 Å². The van der Waals surface area contributed by atoms with Crippen molar-refractivity contribution in [3.63, 3.8) is 0 Å². The van der Waals surface area contributed by atoms with Crippen molar-refractivity contribution in [2.75, 3.05) is 0 Å². The molecule has 7 rings (SSSR count). The zero-order chi connectivity index (χ0) is 29.8. The Balaban J connectivity index is 1.37. The molecule has 0 aliphatic carbocycles. The Morgan fingerprint density at radius 1 is 0.341 bits per heavy atom. The molecule has 7 aromatic rings. The predicted octanol–water partition coefficient (Wildman–Crippen LogP) is 6.90. The van der Waals surface area contributed by atoms with Crippen molar-refractivity contribution < 1.29 is 0 Å². The van der Waals surface area contributed by atoms with Gasteiger partial charge in [0.15, 0.2) is 19.7 Å². The van der Waals surface area contributed by atoms with Crippen LogP contribution in [-0.2, 0) is 0 Å². The van der Waals surface area contributed by atoms with Crippen LogP contribution in [0.5, 0.6) is 0 Å². The maximum absolute atomic E-state index is 6.54. The first kappa shape index (κ1) is 27.7. The van der Waals surface area contributed by atoms with Gasteiger partial charge in [-0.3, -0.25) is 0 Å². The molecule has 0 amide bonds. The second kappa shape index (κ2) is 12.2. The van der Waals surface area contributed by atoms with Crippen LogP contribution in [-0.4, -0.2) is 23.0 Å². The largest absolute Gasteiger partial charge is 0.226 e. The van der Waals surface area contributed by atoms with Gasteiger partial charge in [-0.1, -0.05) is 170 Å². The summed E-state index contributed by atoms with van der Waals surface area (Å²) >= 11 is 6.54. The van der Waals surface area contributed by atoms with Gasteiger partial charge in [0.05, 0.1) is 0 Å². The Kier molecular flexibility index (Phi) is 7.68. The Bertz CT molecular complexity index is 1900. The van der Waals surface area contributed by atoms with Crippen LogP contribution >= 0.6 is 11.6 Å². The minimum absolute atomic E-state index is 0.167. The maximum Gasteiger partial charge on any atom is 0.226 e. The van der Waals surface area contributed by atoms with E-state index in [0.29, 0.717) is 11.6 Å². The van der Waals surface area contributed by atoms with Crippen LogP contribution in [0.15, 0.2) is 170 Å². The standard InChI is InChI=1S/C39H28ClN3Si/c40-39-42-37(31-26-24-30(25-27-31)29-14-5-1-6-15-29)41-38(43-39)32-16-13-23-36(28-32)44(33-17-7-2-8-18-33,34-19-9-3-10-20-34)35-21-11-4-12-22-35/h1-28H. The van der Waals surface area contributed by atoms with E-state index >= 15 is 0 Å². The third-order valence-corrected chi connectivity index (χ3v) is 13.0. The summed E-state index contributed by atoms with van der Waals surface area (Å²) in [5.41, 5.74) is 4.07. The number of rotatable bonds is 7. The lowest BCUT2D eigenvalue weighted by atomic mass is 10.0. The molecule has 0 radical (unpaired) electrons. The SMILES string of the molecule is Clc1nc(-c2ccc(-c3ccccc3)cc2)nc(-c2cccc([Si](c3ccccc3)(c3ccccc3)c3ccccc3)c2)n1. The summed E-state index contributed by atoms with van der Waals surface area (Å²) in [5, 5.41) is 5.33. The van der Waals surface area contributed by atoms with Crippen LogP contribution in [0.1, 0.15) is 0 Å². The van der Waals surface area contributed by atoms with Gasteiger partial charge in [-0.15, -0.1) is 0 Å². The van der Waals surface area contributed by atoms with Crippen LogP contribution in [0.2, 0.25) is 5.28 Å². The molecule has 3 nitrogen and oxygen atoms in total. The third-order valence-electron chi connectivity index (χ3n) is 8.03. The van der Waals surface area contributed by atoms with Gasteiger partial charge in [0.2, 0.25) is 5.28 Å². The number of halogens is 1. The van der Waals surface area contributed by atoms with Crippen molar-refractivity contribution in [2.24, 2.45) is 0 Å². The maximum atomic E-state index is 6.54. The first-order chi connectivity index (χ1) is 21.7. The fourth-order valence-electron chi connectivity index (χ4n) is 6.01. The highest BCUT2D eigenvalue weighted by Crippen LogP contribution is 2.25.